The first-order chi connectivity index (χ1) is 17.1. The van der Waals surface area contributed by atoms with Crippen molar-refractivity contribution in [1.82, 2.24) is 0 Å². The summed E-state index contributed by atoms with van der Waals surface area (Å²) in [4.78, 5) is 0. The van der Waals surface area contributed by atoms with Crippen LogP contribution in [0.1, 0.15) is 29.5 Å². The molecule has 4 aromatic carbocycles. The van der Waals surface area contributed by atoms with E-state index in [0.29, 0.717) is 36.0 Å². The first kappa shape index (κ1) is 22.2. The van der Waals surface area contributed by atoms with Gasteiger partial charge in [0.05, 0.1) is 12.5 Å². The molecule has 3 N–H and O–H groups in total. The van der Waals surface area contributed by atoms with Gasteiger partial charge in [0.15, 0.2) is 11.5 Å². The van der Waals surface area contributed by atoms with Gasteiger partial charge in [-0.3, -0.25) is 0 Å². The van der Waals surface area contributed by atoms with E-state index < -0.39 is 5.92 Å². The second-order valence-electron chi connectivity index (χ2n) is 8.21. The number of fused-ring (bicyclic) bond motifs is 2. The number of nitrogens with zero attached hydrogens (tertiary/aromatic N) is 1. The van der Waals surface area contributed by atoms with Crippen LogP contribution in [-0.2, 0) is 6.61 Å². The number of benzene rings is 4. The second-order valence-corrected chi connectivity index (χ2v) is 8.21. The van der Waals surface area contributed by atoms with Crippen LogP contribution in [0.2, 0.25) is 0 Å². The highest BCUT2D eigenvalue weighted by molar-refractivity contribution is 5.85. The Balaban J connectivity index is 1.51. The Bertz CT molecular complexity index is 1480. The van der Waals surface area contributed by atoms with Crippen molar-refractivity contribution in [3.63, 3.8) is 0 Å². The van der Waals surface area contributed by atoms with Crippen molar-refractivity contribution < 1.29 is 19.3 Å². The van der Waals surface area contributed by atoms with Crippen molar-refractivity contribution >= 4 is 10.8 Å². The number of allylic oxidation sites excluding steroid dienone is 1. The summed E-state index contributed by atoms with van der Waals surface area (Å²) >= 11 is 0. The summed E-state index contributed by atoms with van der Waals surface area (Å²) in [5, 5.41) is 22.0. The monoisotopic (exact) mass is 464 g/mol. The van der Waals surface area contributed by atoms with Gasteiger partial charge in [0.25, 0.3) is 0 Å². The van der Waals surface area contributed by atoms with Gasteiger partial charge in [0.2, 0.25) is 5.88 Å². The summed E-state index contributed by atoms with van der Waals surface area (Å²) in [6.45, 7) is 2.75. The maximum absolute atomic E-state index is 9.89. The third kappa shape index (κ3) is 4.20. The number of nitrogens with two attached hydrogens (primary N) is 1. The summed E-state index contributed by atoms with van der Waals surface area (Å²) in [6, 6.07) is 27.0. The zero-order valence-electron chi connectivity index (χ0n) is 19.2. The minimum Gasteiger partial charge on any atom is -0.508 e. The Kier molecular flexibility index (Phi) is 5.90. The lowest BCUT2D eigenvalue weighted by Crippen LogP contribution is -2.21. The topological polar surface area (TPSA) is 97.7 Å². The molecule has 0 unspecified atom stereocenters. The predicted molar refractivity (Wildman–Crippen MR) is 133 cm³/mol. The first-order valence-corrected chi connectivity index (χ1v) is 11.4. The molecular weight excluding hydrogens is 440 g/mol. The van der Waals surface area contributed by atoms with Gasteiger partial charge in [-0.1, -0.05) is 54.6 Å². The molecule has 0 fully saturated rings. The van der Waals surface area contributed by atoms with Crippen LogP contribution in [-0.4, -0.2) is 11.7 Å². The molecular formula is C29H24N2O4. The van der Waals surface area contributed by atoms with Crippen LogP contribution in [0.3, 0.4) is 0 Å². The highest BCUT2D eigenvalue weighted by atomic mass is 16.5. The van der Waals surface area contributed by atoms with Crippen molar-refractivity contribution in [2.75, 3.05) is 6.61 Å². The molecule has 0 radical (unpaired) electrons. The smallest absolute Gasteiger partial charge is 0.205 e. The van der Waals surface area contributed by atoms with E-state index in [1.54, 1.807) is 12.1 Å². The van der Waals surface area contributed by atoms with E-state index in [1.807, 2.05) is 43.3 Å². The van der Waals surface area contributed by atoms with Crippen molar-refractivity contribution in [2.45, 2.75) is 19.4 Å². The lowest BCUT2D eigenvalue weighted by atomic mass is 9.83. The molecule has 4 aromatic rings. The van der Waals surface area contributed by atoms with Crippen molar-refractivity contribution in [1.29, 1.82) is 5.26 Å². The molecule has 5 rings (SSSR count). The fraction of sp³-hybridized carbons (Fsp3) is 0.138. The molecule has 35 heavy (non-hydrogen) atoms. The van der Waals surface area contributed by atoms with Gasteiger partial charge < -0.3 is 25.1 Å². The van der Waals surface area contributed by atoms with Crippen LogP contribution in [0, 0.1) is 11.3 Å². The third-order valence-corrected chi connectivity index (χ3v) is 6.07. The molecule has 6 heteroatoms. The molecule has 6 nitrogen and oxygen atoms in total. The molecule has 0 aromatic heterocycles. The van der Waals surface area contributed by atoms with Gasteiger partial charge >= 0.3 is 0 Å². The number of phenols is 1. The highest BCUT2D eigenvalue weighted by Gasteiger charge is 2.31. The van der Waals surface area contributed by atoms with E-state index in [0.717, 1.165) is 27.5 Å². The third-order valence-electron chi connectivity index (χ3n) is 6.07. The van der Waals surface area contributed by atoms with E-state index in [9.17, 15) is 10.4 Å². The Morgan fingerprint density at radius 1 is 0.971 bits per heavy atom. The molecule has 0 amide bonds. The quantitative estimate of drug-likeness (QED) is 0.378. The maximum Gasteiger partial charge on any atom is 0.205 e. The number of hydrogen-bond donors (Lipinski definition) is 2. The zero-order chi connectivity index (χ0) is 24.4. The molecule has 1 aliphatic rings. The average molecular weight is 465 g/mol. The summed E-state index contributed by atoms with van der Waals surface area (Å²) in [7, 11) is 0. The van der Waals surface area contributed by atoms with E-state index in [2.05, 4.69) is 30.3 Å². The lowest BCUT2D eigenvalue weighted by Gasteiger charge is -2.27. The predicted octanol–water partition coefficient (Wildman–Crippen LogP) is 5.74. The van der Waals surface area contributed by atoms with E-state index in [1.165, 1.54) is 6.07 Å². The SMILES string of the molecule is CCOc1cc([C@@H]2C(C#N)=C(N)Oc3cc(O)ccc32)ccc1OCc1cccc2ccccc12. The normalized spacial score (nSPS) is 14.7. The second kappa shape index (κ2) is 9.32. The summed E-state index contributed by atoms with van der Waals surface area (Å²) < 4.78 is 17.7. The largest absolute Gasteiger partial charge is 0.508 e. The molecule has 0 aliphatic carbocycles. The van der Waals surface area contributed by atoms with Gasteiger partial charge in [0, 0.05) is 11.6 Å². The Hall–Kier alpha value is -4.63. The number of rotatable bonds is 6. The zero-order valence-corrected chi connectivity index (χ0v) is 19.2. The highest BCUT2D eigenvalue weighted by Crippen LogP contribution is 2.45. The summed E-state index contributed by atoms with van der Waals surface area (Å²) in [6.07, 6.45) is 0. The van der Waals surface area contributed by atoms with Crippen molar-refractivity contribution in [2.24, 2.45) is 5.73 Å². The van der Waals surface area contributed by atoms with E-state index in [-0.39, 0.29) is 11.6 Å². The number of ether oxygens (including phenoxy) is 3. The molecule has 1 atom stereocenters. The number of nitriles is 1. The number of hydrogen-bond acceptors (Lipinski definition) is 6. The Labute approximate surface area is 203 Å². The van der Waals surface area contributed by atoms with E-state index >= 15 is 0 Å². The van der Waals surface area contributed by atoms with Crippen molar-refractivity contribution in [3.05, 3.63) is 107 Å². The molecule has 1 heterocycles. The molecule has 1 aliphatic heterocycles. The van der Waals surface area contributed by atoms with Crippen molar-refractivity contribution in [3.8, 4) is 29.1 Å². The minimum atomic E-state index is -0.462. The molecule has 0 bridgehead atoms. The summed E-state index contributed by atoms with van der Waals surface area (Å²) in [5.41, 5.74) is 8.99. The van der Waals surface area contributed by atoms with Crippen LogP contribution in [0.25, 0.3) is 10.8 Å². The van der Waals surface area contributed by atoms with Gasteiger partial charge in [0.1, 0.15) is 29.7 Å². The fourth-order valence-corrected chi connectivity index (χ4v) is 4.45. The minimum absolute atomic E-state index is 0.0184. The summed E-state index contributed by atoms with van der Waals surface area (Å²) in [5.74, 6) is 1.22. The standard InChI is InChI=1S/C29H24N2O4/c1-2-33-27-14-19(28-23-12-11-21(32)15-26(23)35-29(31)24(28)16-30)10-13-25(27)34-17-20-8-5-7-18-6-3-4-9-22(18)20/h3-15,28,32H,2,17,31H2,1H3/t28-/m0/s1. The van der Waals surface area contributed by atoms with E-state index in [4.69, 9.17) is 19.9 Å². The molecule has 174 valence electrons. The Morgan fingerprint density at radius 3 is 2.63 bits per heavy atom. The van der Waals surface area contributed by atoms with Gasteiger partial charge in [-0.2, -0.15) is 5.26 Å². The van der Waals surface area contributed by atoms with Gasteiger partial charge in [-0.15, -0.1) is 0 Å². The maximum atomic E-state index is 9.89. The van der Waals surface area contributed by atoms with Gasteiger partial charge in [-0.25, -0.2) is 0 Å². The van der Waals surface area contributed by atoms with Crippen LogP contribution in [0.4, 0.5) is 0 Å². The number of aromatic hydroxyl groups is 1. The first-order valence-electron chi connectivity index (χ1n) is 11.4. The average Bonchev–Trinajstić information content (AvgIpc) is 2.87. The Morgan fingerprint density at radius 2 is 1.80 bits per heavy atom. The van der Waals surface area contributed by atoms with Crippen LogP contribution < -0.4 is 19.9 Å². The molecule has 0 spiro atoms. The lowest BCUT2D eigenvalue weighted by molar-refractivity contribution is 0.270. The fourth-order valence-electron chi connectivity index (χ4n) is 4.45. The number of phenolic OH excluding ortho intramolecular Hbond substituents is 1. The van der Waals surface area contributed by atoms with Crippen LogP contribution >= 0.6 is 0 Å². The van der Waals surface area contributed by atoms with Crippen LogP contribution in [0.5, 0.6) is 23.0 Å². The molecule has 0 saturated carbocycles. The van der Waals surface area contributed by atoms with Crippen LogP contribution in [0.15, 0.2) is 90.3 Å². The molecule has 0 saturated heterocycles. The van der Waals surface area contributed by atoms with Gasteiger partial charge in [-0.05, 0) is 47.0 Å².